The number of carbonyl (C=O) groups excluding carboxylic acids is 3. The lowest BCUT2D eigenvalue weighted by molar-refractivity contribution is -0.142. The SMILES string of the molecule is CC1(C)OC(=O)n2c1cc1ccc(NC(=O)[C@@H]3[C@H](C4CCCCC4)CCN3C(=O)C3CCC(CNC(=O)O)CC3)cc12. The van der Waals surface area contributed by atoms with Crippen LogP contribution in [0.2, 0.25) is 0 Å². The largest absolute Gasteiger partial charge is 0.465 e. The zero-order valence-corrected chi connectivity index (χ0v) is 24.6. The van der Waals surface area contributed by atoms with Crippen molar-refractivity contribution in [1.82, 2.24) is 14.8 Å². The van der Waals surface area contributed by atoms with Gasteiger partial charge < -0.3 is 25.4 Å². The highest BCUT2D eigenvalue weighted by molar-refractivity contribution is 6.01. The van der Waals surface area contributed by atoms with Crippen LogP contribution >= 0.6 is 0 Å². The lowest BCUT2D eigenvalue weighted by Crippen LogP contribution is -2.49. The number of ether oxygens (including phenoxy) is 1. The van der Waals surface area contributed by atoms with E-state index >= 15 is 0 Å². The van der Waals surface area contributed by atoms with E-state index in [0.717, 1.165) is 43.2 Å². The van der Waals surface area contributed by atoms with Gasteiger partial charge in [0.25, 0.3) is 0 Å². The molecule has 0 radical (unpaired) electrons. The first-order chi connectivity index (χ1) is 20.1. The number of fused-ring (bicyclic) bond motifs is 3. The summed E-state index contributed by atoms with van der Waals surface area (Å²) >= 11 is 0. The first kappa shape index (κ1) is 28.6. The number of likely N-dealkylation sites (tertiary alicyclic amines) is 1. The summed E-state index contributed by atoms with van der Waals surface area (Å²) in [5.74, 6) is 0.557. The molecule has 2 saturated carbocycles. The molecule has 2 aliphatic heterocycles. The number of benzene rings is 1. The summed E-state index contributed by atoms with van der Waals surface area (Å²) in [5.41, 5.74) is 1.35. The minimum absolute atomic E-state index is 0.0583. The van der Waals surface area contributed by atoms with Gasteiger partial charge in [-0.15, -0.1) is 0 Å². The Morgan fingerprint density at radius 1 is 1.00 bits per heavy atom. The summed E-state index contributed by atoms with van der Waals surface area (Å²) < 4.78 is 7.12. The maximum Gasteiger partial charge on any atom is 0.419 e. The zero-order valence-electron chi connectivity index (χ0n) is 24.6. The van der Waals surface area contributed by atoms with Crippen LogP contribution < -0.4 is 10.6 Å². The third-order valence-corrected chi connectivity index (χ3v) is 10.2. The molecule has 4 aliphatic rings. The Hall–Kier alpha value is -3.56. The summed E-state index contributed by atoms with van der Waals surface area (Å²) in [5, 5.41) is 15.4. The number of carboxylic acid groups (broad SMARTS) is 1. The lowest BCUT2D eigenvalue weighted by atomic mass is 9.76. The van der Waals surface area contributed by atoms with Crippen molar-refractivity contribution in [1.29, 1.82) is 0 Å². The Morgan fingerprint density at radius 3 is 2.45 bits per heavy atom. The van der Waals surface area contributed by atoms with Crippen molar-refractivity contribution in [2.24, 2.45) is 23.7 Å². The monoisotopic (exact) mass is 578 g/mol. The van der Waals surface area contributed by atoms with Crippen molar-refractivity contribution in [3.63, 3.8) is 0 Å². The molecule has 0 unspecified atom stereocenters. The molecular formula is C32H42N4O6. The van der Waals surface area contributed by atoms with Gasteiger partial charge in [-0.1, -0.05) is 38.2 Å². The van der Waals surface area contributed by atoms with E-state index in [1.807, 2.05) is 43.0 Å². The number of nitrogens with zero attached hydrogens (tertiary/aromatic N) is 2. The van der Waals surface area contributed by atoms with Crippen LogP contribution in [0.15, 0.2) is 24.3 Å². The molecule has 3 amide bonds. The zero-order chi connectivity index (χ0) is 29.6. The Balaban J connectivity index is 1.21. The molecule has 1 saturated heterocycles. The van der Waals surface area contributed by atoms with Crippen LogP contribution in [-0.2, 0) is 19.9 Å². The molecule has 10 nitrogen and oxygen atoms in total. The van der Waals surface area contributed by atoms with Crippen LogP contribution in [0, 0.1) is 23.7 Å². The molecule has 3 fully saturated rings. The number of cyclic esters (lactones) is 1. The number of anilines is 1. The third kappa shape index (κ3) is 5.36. The molecular weight excluding hydrogens is 536 g/mol. The van der Waals surface area contributed by atoms with Gasteiger partial charge in [0, 0.05) is 30.1 Å². The molecule has 1 aromatic carbocycles. The summed E-state index contributed by atoms with van der Waals surface area (Å²) in [6, 6.07) is 7.02. The fourth-order valence-corrected chi connectivity index (χ4v) is 7.99. The third-order valence-electron chi connectivity index (χ3n) is 10.2. The number of aromatic nitrogens is 1. The van der Waals surface area contributed by atoms with Gasteiger partial charge in [-0.3, -0.25) is 9.59 Å². The van der Waals surface area contributed by atoms with Crippen LogP contribution in [0.1, 0.15) is 83.7 Å². The molecule has 3 N–H and O–H groups in total. The van der Waals surface area contributed by atoms with Gasteiger partial charge in [-0.25, -0.2) is 14.2 Å². The average Bonchev–Trinajstić information content (AvgIpc) is 3.64. The second-order valence-electron chi connectivity index (χ2n) is 13.2. The van der Waals surface area contributed by atoms with E-state index in [1.54, 1.807) is 4.57 Å². The maximum absolute atomic E-state index is 14.1. The predicted octanol–water partition coefficient (Wildman–Crippen LogP) is 5.68. The minimum Gasteiger partial charge on any atom is -0.465 e. The van der Waals surface area contributed by atoms with Gasteiger partial charge in [0.05, 0.1) is 11.2 Å². The first-order valence-corrected chi connectivity index (χ1v) is 15.6. The standard InChI is InChI=1S/C32H42N4O6/c1-32(2)26-16-22-12-13-23(17-25(22)36(26)31(41)42-32)34-28(37)27-24(20-6-4-3-5-7-20)14-15-35(27)29(38)21-10-8-19(9-11-21)18-33-30(39)40/h12-13,16-17,19-21,24,27,33H,3-11,14-15,18H2,1-2H3,(H,34,37)(H,39,40)/t19?,21?,24-,27-/m0/s1. The second-order valence-corrected chi connectivity index (χ2v) is 13.2. The number of amides is 3. The highest BCUT2D eigenvalue weighted by Gasteiger charge is 2.47. The number of hydrogen-bond acceptors (Lipinski definition) is 5. The molecule has 3 heterocycles. The van der Waals surface area contributed by atoms with Crippen LogP contribution in [0.25, 0.3) is 10.9 Å². The Labute approximate surface area is 246 Å². The van der Waals surface area contributed by atoms with Gasteiger partial charge in [-0.05, 0) is 81.9 Å². The molecule has 42 heavy (non-hydrogen) atoms. The van der Waals surface area contributed by atoms with Crippen molar-refractivity contribution in [3.8, 4) is 0 Å². The second kappa shape index (κ2) is 11.3. The van der Waals surface area contributed by atoms with Gasteiger partial charge in [0.2, 0.25) is 11.8 Å². The highest BCUT2D eigenvalue weighted by atomic mass is 16.6. The Morgan fingerprint density at radius 2 is 1.74 bits per heavy atom. The molecule has 10 heteroatoms. The molecule has 226 valence electrons. The molecule has 2 aromatic rings. The normalized spacial score (nSPS) is 27.5. The van der Waals surface area contributed by atoms with Crippen molar-refractivity contribution < 1.29 is 29.0 Å². The maximum atomic E-state index is 14.1. The van der Waals surface area contributed by atoms with Crippen LogP contribution in [0.4, 0.5) is 15.3 Å². The summed E-state index contributed by atoms with van der Waals surface area (Å²) in [6.45, 7) is 4.73. The summed E-state index contributed by atoms with van der Waals surface area (Å²) in [7, 11) is 0. The minimum atomic E-state index is -1.02. The van der Waals surface area contributed by atoms with Crippen LogP contribution in [-0.4, -0.2) is 57.7 Å². The Kier molecular flexibility index (Phi) is 7.66. The quantitative estimate of drug-likeness (QED) is 0.404. The predicted molar refractivity (Wildman–Crippen MR) is 157 cm³/mol. The molecule has 0 bridgehead atoms. The van der Waals surface area contributed by atoms with Crippen molar-refractivity contribution >= 4 is 40.6 Å². The van der Waals surface area contributed by atoms with E-state index in [9.17, 15) is 19.2 Å². The first-order valence-electron chi connectivity index (χ1n) is 15.6. The molecule has 1 aromatic heterocycles. The molecule has 2 aliphatic carbocycles. The van der Waals surface area contributed by atoms with Gasteiger partial charge >= 0.3 is 12.2 Å². The summed E-state index contributed by atoms with van der Waals surface area (Å²) in [6.07, 6.45) is 8.17. The average molecular weight is 579 g/mol. The fourth-order valence-electron chi connectivity index (χ4n) is 7.99. The van der Waals surface area contributed by atoms with E-state index in [4.69, 9.17) is 9.84 Å². The van der Waals surface area contributed by atoms with Crippen molar-refractivity contribution in [3.05, 3.63) is 30.0 Å². The number of nitrogens with one attached hydrogen (secondary N) is 2. The van der Waals surface area contributed by atoms with Gasteiger partial charge in [0.15, 0.2) is 0 Å². The lowest BCUT2D eigenvalue weighted by Gasteiger charge is -2.36. The number of carbonyl (C=O) groups is 4. The summed E-state index contributed by atoms with van der Waals surface area (Å²) in [4.78, 5) is 53.4. The van der Waals surface area contributed by atoms with E-state index in [0.29, 0.717) is 43.1 Å². The Bertz CT molecular complexity index is 1380. The van der Waals surface area contributed by atoms with Crippen molar-refractivity contribution in [2.75, 3.05) is 18.4 Å². The van der Waals surface area contributed by atoms with Crippen LogP contribution in [0.5, 0.6) is 0 Å². The van der Waals surface area contributed by atoms with E-state index in [2.05, 4.69) is 10.6 Å². The molecule has 6 rings (SSSR count). The topological polar surface area (TPSA) is 130 Å². The number of rotatable bonds is 6. The molecule has 0 spiro atoms. The fraction of sp³-hybridized carbons (Fsp3) is 0.625. The smallest absolute Gasteiger partial charge is 0.419 e. The van der Waals surface area contributed by atoms with E-state index in [-0.39, 0.29) is 29.6 Å². The van der Waals surface area contributed by atoms with Gasteiger partial charge in [0.1, 0.15) is 11.6 Å². The van der Waals surface area contributed by atoms with Gasteiger partial charge in [-0.2, -0.15) is 0 Å². The van der Waals surface area contributed by atoms with Crippen molar-refractivity contribution in [2.45, 2.75) is 89.7 Å². The van der Waals surface area contributed by atoms with E-state index in [1.165, 1.54) is 19.3 Å². The molecule has 2 atom stereocenters. The highest BCUT2D eigenvalue weighted by Crippen LogP contribution is 2.42. The number of hydrogen-bond donors (Lipinski definition) is 3. The van der Waals surface area contributed by atoms with E-state index < -0.39 is 23.8 Å². The van der Waals surface area contributed by atoms with Crippen LogP contribution in [0.3, 0.4) is 0 Å².